The third-order valence-electron chi connectivity index (χ3n) is 2.51. The average Bonchev–Trinajstić information content (AvgIpc) is 2.83. The van der Waals surface area contributed by atoms with Gasteiger partial charge in [0.05, 0.1) is 11.4 Å². The SMILES string of the molecule is CCc1cnc(CCNC(=NC)NCCC(F)(F)F)s1.I. The molecule has 1 rings (SSSR count). The van der Waals surface area contributed by atoms with Gasteiger partial charge in [-0.25, -0.2) is 4.98 Å². The van der Waals surface area contributed by atoms with Gasteiger partial charge in [0, 0.05) is 37.6 Å². The summed E-state index contributed by atoms with van der Waals surface area (Å²) in [6, 6.07) is 0. The second-order valence-corrected chi connectivity index (χ2v) is 5.31. The number of aromatic nitrogens is 1. The quantitative estimate of drug-likeness (QED) is 0.410. The highest BCUT2D eigenvalue weighted by atomic mass is 127. The standard InChI is InChI=1S/C12H19F3N4S.HI/c1-3-9-8-19-10(20-9)4-6-17-11(16-2)18-7-5-12(13,14)15;/h8H,3-7H2,1-2H3,(H2,16,17,18);1H. The van der Waals surface area contributed by atoms with E-state index in [0.29, 0.717) is 12.5 Å². The molecular weight excluding hydrogens is 416 g/mol. The smallest absolute Gasteiger partial charge is 0.356 e. The van der Waals surface area contributed by atoms with Gasteiger partial charge in [-0.3, -0.25) is 4.99 Å². The van der Waals surface area contributed by atoms with Crippen LogP contribution >= 0.6 is 35.3 Å². The summed E-state index contributed by atoms with van der Waals surface area (Å²) in [5.41, 5.74) is 0. The Balaban J connectivity index is 0.00000400. The number of aliphatic imine (C=N–C) groups is 1. The summed E-state index contributed by atoms with van der Waals surface area (Å²) < 4.78 is 36.0. The van der Waals surface area contributed by atoms with Crippen molar-refractivity contribution in [2.24, 2.45) is 4.99 Å². The van der Waals surface area contributed by atoms with E-state index in [1.54, 1.807) is 11.3 Å². The fraction of sp³-hybridized carbons (Fsp3) is 0.667. The number of guanidine groups is 1. The molecule has 0 fully saturated rings. The number of hydrogen-bond donors (Lipinski definition) is 2. The van der Waals surface area contributed by atoms with Crippen LogP contribution in [0.15, 0.2) is 11.2 Å². The highest BCUT2D eigenvalue weighted by molar-refractivity contribution is 14.0. The van der Waals surface area contributed by atoms with Crippen LogP contribution in [0.4, 0.5) is 13.2 Å². The van der Waals surface area contributed by atoms with Crippen molar-refractivity contribution in [3.63, 3.8) is 0 Å². The molecule has 1 aromatic heterocycles. The van der Waals surface area contributed by atoms with Crippen molar-refractivity contribution in [1.29, 1.82) is 0 Å². The van der Waals surface area contributed by atoms with E-state index in [1.807, 2.05) is 6.20 Å². The summed E-state index contributed by atoms with van der Waals surface area (Å²) >= 11 is 1.65. The maximum absolute atomic E-state index is 12.0. The predicted molar refractivity (Wildman–Crippen MR) is 90.6 cm³/mol. The Hall–Kier alpha value is -0.580. The average molecular weight is 436 g/mol. The lowest BCUT2D eigenvalue weighted by atomic mass is 10.4. The molecule has 0 saturated carbocycles. The molecule has 0 aliphatic heterocycles. The monoisotopic (exact) mass is 436 g/mol. The van der Waals surface area contributed by atoms with Gasteiger partial charge in [-0.1, -0.05) is 6.92 Å². The molecule has 0 unspecified atom stereocenters. The Morgan fingerprint density at radius 1 is 1.33 bits per heavy atom. The molecule has 0 saturated heterocycles. The Kier molecular flexibility index (Phi) is 9.92. The van der Waals surface area contributed by atoms with Crippen molar-refractivity contribution in [2.75, 3.05) is 20.1 Å². The Morgan fingerprint density at radius 3 is 2.52 bits per heavy atom. The number of hydrogen-bond acceptors (Lipinski definition) is 3. The van der Waals surface area contributed by atoms with Crippen molar-refractivity contribution in [3.8, 4) is 0 Å². The molecule has 0 aromatic carbocycles. The lowest BCUT2D eigenvalue weighted by Crippen LogP contribution is -2.39. The number of rotatable bonds is 6. The maximum atomic E-state index is 12.0. The van der Waals surface area contributed by atoms with Crippen LogP contribution in [0.3, 0.4) is 0 Å². The largest absolute Gasteiger partial charge is 0.390 e. The fourth-order valence-corrected chi connectivity index (χ4v) is 2.32. The topological polar surface area (TPSA) is 49.3 Å². The minimum Gasteiger partial charge on any atom is -0.356 e. The van der Waals surface area contributed by atoms with Gasteiger partial charge in [-0.15, -0.1) is 35.3 Å². The van der Waals surface area contributed by atoms with Crippen molar-refractivity contribution in [2.45, 2.75) is 32.4 Å². The summed E-state index contributed by atoms with van der Waals surface area (Å²) in [6.07, 6.45) is -1.48. The van der Waals surface area contributed by atoms with Crippen LogP contribution in [0.25, 0.3) is 0 Å². The van der Waals surface area contributed by atoms with E-state index in [2.05, 4.69) is 27.5 Å². The first-order valence-electron chi connectivity index (χ1n) is 6.39. The second kappa shape index (κ2) is 10.2. The van der Waals surface area contributed by atoms with Crippen molar-refractivity contribution in [3.05, 3.63) is 16.1 Å². The molecule has 122 valence electrons. The lowest BCUT2D eigenvalue weighted by molar-refractivity contribution is -0.132. The van der Waals surface area contributed by atoms with E-state index in [9.17, 15) is 13.2 Å². The highest BCUT2D eigenvalue weighted by Gasteiger charge is 2.26. The van der Waals surface area contributed by atoms with E-state index in [1.165, 1.54) is 11.9 Å². The summed E-state index contributed by atoms with van der Waals surface area (Å²) in [5.74, 6) is 0.376. The van der Waals surface area contributed by atoms with Crippen LogP contribution in [-0.2, 0) is 12.8 Å². The van der Waals surface area contributed by atoms with E-state index < -0.39 is 12.6 Å². The van der Waals surface area contributed by atoms with Crippen molar-refractivity contribution >= 4 is 41.3 Å². The Morgan fingerprint density at radius 2 is 2.00 bits per heavy atom. The Bertz CT molecular complexity index is 434. The maximum Gasteiger partial charge on any atom is 0.390 e. The minimum absolute atomic E-state index is 0. The van der Waals surface area contributed by atoms with E-state index in [0.717, 1.165) is 17.8 Å². The molecule has 0 radical (unpaired) electrons. The van der Waals surface area contributed by atoms with Crippen LogP contribution in [-0.4, -0.2) is 37.3 Å². The summed E-state index contributed by atoms with van der Waals surface area (Å²) in [4.78, 5) is 9.37. The first-order valence-corrected chi connectivity index (χ1v) is 7.21. The zero-order valence-corrected chi connectivity index (χ0v) is 15.1. The van der Waals surface area contributed by atoms with E-state index >= 15 is 0 Å². The fourth-order valence-electron chi connectivity index (χ4n) is 1.46. The molecule has 0 aliphatic carbocycles. The van der Waals surface area contributed by atoms with E-state index in [-0.39, 0.29) is 30.5 Å². The molecule has 0 spiro atoms. The van der Waals surface area contributed by atoms with Gasteiger partial charge in [0.2, 0.25) is 0 Å². The zero-order valence-electron chi connectivity index (χ0n) is 12.0. The Labute approximate surface area is 143 Å². The van der Waals surface area contributed by atoms with Gasteiger partial charge in [0.25, 0.3) is 0 Å². The zero-order chi connectivity index (χ0) is 15.0. The molecule has 1 aromatic rings. The van der Waals surface area contributed by atoms with Crippen LogP contribution in [0.1, 0.15) is 23.2 Å². The number of aryl methyl sites for hydroxylation is 1. The molecule has 0 bridgehead atoms. The van der Waals surface area contributed by atoms with E-state index in [4.69, 9.17) is 0 Å². The van der Waals surface area contributed by atoms with Gasteiger partial charge in [-0.05, 0) is 6.42 Å². The number of thiazole rings is 1. The number of nitrogens with one attached hydrogen (secondary N) is 2. The predicted octanol–water partition coefficient (Wildman–Crippen LogP) is 2.98. The molecular formula is C12H20F3IN4S. The molecule has 9 heteroatoms. The normalized spacial score (nSPS) is 12.0. The molecule has 0 atom stereocenters. The van der Waals surface area contributed by atoms with Crippen molar-refractivity contribution in [1.82, 2.24) is 15.6 Å². The van der Waals surface area contributed by atoms with Crippen LogP contribution in [0.2, 0.25) is 0 Å². The first kappa shape index (κ1) is 20.4. The molecule has 0 aliphatic rings. The lowest BCUT2D eigenvalue weighted by Gasteiger charge is -2.12. The van der Waals surface area contributed by atoms with Crippen molar-refractivity contribution < 1.29 is 13.2 Å². The van der Waals surface area contributed by atoms with Gasteiger partial charge in [-0.2, -0.15) is 13.2 Å². The molecule has 1 heterocycles. The summed E-state index contributed by atoms with van der Waals surface area (Å²) in [7, 11) is 1.53. The molecule has 4 nitrogen and oxygen atoms in total. The van der Waals surface area contributed by atoms with Crippen LogP contribution < -0.4 is 10.6 Å². The second-order valence-electron chi connectivity index (χ2n) is 4.11. The molecule has 2 N–H and O–H groups in total. The van der Waals surface area contributed by atoms with Gasteiger partial charge >= 0.3 is 6.18 Å². The number of alkyl halides is 3. The first-order chi connectivity index (χ1) is 9.44. The van der Waals surface area contributed by atoms with Gasteiger partial charge in [0.1, 0.15) is 0 Å². The minimum atomic E-state index is -4.15. The van der Waals surface area contributed by atoms with Gasteiger partial charge < -0.3 is 10.6 Å². The third kappa shape index (κ3) is 9.12. The van der Waals surface area contributed by atoms with Crippen LogP contribution in [0, 0.1) is 0 Å². The third-order valence-corrected chi connectivity index (χ3v) is 3.71. The highest BCUT2D eigenvalue weighted by Crippen LogP contribution is 2.18. The van der Waals surface area contributed by atoms with Gasteiger partial charge in [0.15, 0.2) is 5.96 Å². The number of halogens is 4. The summed E-state index contributed by atoms with van der Waals surface area (Å²) in [5, 5.41) is 6.61. The molecule has 0 amide bonds. The summed E-state index contributed by atoms with van der Waals surface area (Å²) in [6.45, 7) is 2.48. The molecule has 21 heavy (non-hydrogen) atoms. The van der Waals surface area contributed by atoms with Crippen LogP contribution in [0.5, 0.6) is 0 Å². The number of nitrogens with zero attached hydrogens (tertiary/aromatic N) is 2.